The highest BCUT2D eigenvalue weighted by molar-refractivity contribution is 7.14. The van der Waals surface area contributed by atoms with E-state index in [1.807, 2.05) is 48.5 Å². The molecule has 2 N–H and O–H groups in total. The maximum Gasteiger partial charge on any atom is 0.304 e. The number of carboxylic acid groups (broad SMARTS) is 1. The fourth-order valence-corrected chi connectivity index (χ4v) is 3.64. The Kier molecular flexibility index (Phi) is 6.21. The number of hydrogen-bond donors (Lipinski definition) is 2. The fourth-order valence-electron chi connectivity index (χ4n) is 2.70. The summed E-state index contributed by atoms with van der Waals surface area (Å²) in [5.74, 6) is -2.05. The van der Waals surface area contributed by atoms with Gasteiger partial charge in [0.25, 0.3) is 0 Å². The van der Waals surface area contributed by atoms with Crippen LogP contribution in [0.25, 0.3) is 11.3 Å². The molecule has 0 aliphatic heterocycles. The summed E-state index contributed by atoms with van der Waals surface area (Å²) in [6, 6.07) is 16.7. The normalized spacial score (nSPS) is 11.7. The van der Waals surface area contributed by atoms with Crippen molar-refractivity contribution in [3.05, 3.63) is 70.6 Å². The Morgan fingerprint density at radius 3 is 2.52 bits per heavy atom. The molecule has 0 fully saturated rings. The zero-order valence-electron chi connectivity index (χ0n) is 14.3. The molecule has 5 nitrogen and oxygen atoms in total. The van der Waals surface area contributed by atoms with Crippen molar-refractivity contribution < 1.29 is 14.7 Å². The molecule has 1 heterocycles. The predicted molar refractivity (Wildman–Crippen MR) is 107 cm³/mol. The molecule has 27 heavy (non-hydrogen) atoms. The van der Waals surface area contributed by atoms with Crippen LogP contribution in [-0.4, -0.2) is 22.0 Å². The summed E-state index contributed by atoms with van der Waals surface area (Å²) in [4.78, 5) is 28.2. The second kappa shape index (κ2) is 8.79. The van der Waals surface area contributed by atoms with Crippen molar-refractivity contribution in [2.24, 2.45) is 5.92 Å². The first-order valence-corrected chi connectivity index (χ1v) is 9.55. The van der Waals surface area contributed by atoms with Crippen molar-refractivity contribution in [1.29, 1.82) is 0 Å². The third kappa shape index (κ3) is 5.15. The molecule has 0 saturated carbocycles. The maximum atomic E-state index is 12.6. The monoisotopic (exact) mass is 400 g/mol. The van der Waals surface area contributed by atoms with Crippen LogP contribution in [0, 0.1) is 5.92 Å². The molecule has 0 bridgehead atoms. The van der Waals surface area contributed by atoms with Crippen LogP contribution in [0.1, 0.15) is 12.0 Å². The Balaban J connectivity index is 1.74. The zero-order valence-corrected chi connectivity index (χ0v) is 15.8. The van der Waals surface area contributed by atoms with Gasteiger partial charge in [-0.15, -0.1) is 11.3 Å². The molecule has 7 heteroatoms. The van der Waals surface area contributed by atoms with Crippen LogP contribution in [0.2, 0.25) is 5.02 Å². The molecule has 3 rings (SSSR count). The molecule has 0 spiro atoms. The van der Waals surface area contributed by atoms with Crippen LogP contribution < -0.4 is 5.32 Å². The van der Waals surface area contributed by atoms with E-state index in [1.165, 1.54) is 11.3 Å². The highest BCUT2D eigenvalue weighted by atomic mass is 35.5. The van der Waals surface area contributed by atoms with E-state index in [0.717, 1.165) is 11.1 Å². The Bertz CT molecular complexity index is 943. The lowest BCUT2D eigenvalue weighted by atomic mass is 9.95. The van der Waals surface area contributed by atoms with Gasteiger partial charge in [-0.05, 0) is 18.1 Å². The lowest BCUT2D eigenvalue weighted by Gasteiger charge is -2.14. The number of carbonyl (C=O) groups excluding carboxylic acids is 1. The zero-order chi connectivity index (χ0) is 19.2. The van der Waals surface area contributed by atoms with Crippen molar-refractivity contribution >= 4 is 39.9 Å². The van der Waals surface area contributed by atoms with Crippen molar-refractivity contribution in [3.8, 4) is 11.3 Å². The molecule has 1 amide bonds. The van der Waals surface area contributed by atoms with E-state index in [9.17, 15) is 9.59 Å². The average molecular weight is 401 g/mol. The van der Waals surface area contributed by atoms with Crippen molar-refractivity contribution in [3.63, 3.8) is 0 Å². The van der Waals surface area contributed by atoms with Gasteiger partial charge < -0.3 is 10.4 Å². The van der Waals surface area contributed by atoms with Crippen molar-refractivity contribution in [1.82, 2.24) is 4.98 Å². The van der Waals surface area contributed by atoms with E-state index < -0.39 is 11.9 Å². The summed E-state index contributed by atoms with van der Waals surface area (Å²) in [6.07, 6.45) is 0.102. The first-order valence-electron chi connectivity index (χ1n) is 8.30. The van der Waals surface area contributed by atoms with E-state index in [4.69, 9.17) is 16.7 Å². The smallest absolute Gasteiger partial charge is 0.304 e. The third-order valence-electron chi connectivity index (χ3n) is 4.00. The topological polar surface area (TPSA) is 79.3 Å². The van der Waals surface area contributed by atoms with Gasteiger partial charge in [-0.3, -0.25) is 9.59 Å². The van der Waals surface area contributed by atoms with Gasteiger partial charge >= 0.3 is 5.97 Å². The quantitative estimate of drug-likeness (QED) is 0.600. The van der Waals surface area contributed by atoms with Crippen molar-refractivity contribution in [2.75, 3.05) is 5.32 Å². The number of carboxylic acids is 1. The van der Waals surface area contributed by atoms with Gasteiger partial charge in [-0.2, -0.15) is 0 Å². The number of aliphatic carboxylic acids is 1. The minimum atomic E-state index is -1.01. The number of halogens is 1. The van der Waals surface area contributed by atoms with Crippen LogP contribution >= 0.6 is 22.9 Å². The molecular formula is C20H17ClN2O3S. The van der Waals surface area contributed by atoms with Gasteiger partial charge in [0.1, 0.15) is 0 Å². The Hall–Kier alpha value is -2.70. The standard InChI is InChI=1S/C20H17ClN2O3S/c21-16-9-5-4-8-15(16)17-12-27-20(22-17)23-19(26)14(11-18(24)25)10-13-6-2-1-3-7-13/h1-9,12,14H,10-11H2,(H,24,25)(H,22,23,26). The maximum absolute atomic E-state index is 12.6. The molecule has 1 aromatic heterocycles. The van der Waals surface area contributed by atoms with E-state index >= 15 is 0 Å². The number of nitrogens with one attached hydrogen (secondary N) is 1. The molecule has 138 valence electrons. The number of carbonyl (C=O) groups is 2. The Morgan fingerprint density at radius 1 is 1.11 bits per heavy atom. The summed E-state index contributed by atoms with van der Waals surface area (Å²) < 4.78 is 0. The fraction of sp³-hybridized carbons (Fsp3) is 0.150. The van der Waals surface area contributed by atoms with E-state index in [1.54, 1.807) is 11.4 Å². The second-order valence-electron chi connectivity index (χ2n) is 5.99. The molecule has 1 unspecified atom stereocenters. The number of aromatic nitrogens is 1. The first-order chi connectivity index (χ1) is 13.0. The lowest BCUT2D eigenvalue weighted by Crippen LogP contribution is -2.27. The number of nitrogens with zero attached hydrogens (tertiary/aromatic N) is 1. The van der Waals surface area contributed by atoms with Gasteiger partial charge in [-0.1, -0.05) is 60.1 Å². The molecule has 0 aliphatic rings. The molecule has 3 aromatic rings. The van der Waals surface area contributed by atoms with E-state index in [0.29, 0.717) is 22.3 Å². The largest absolute Gasteiger partial charge is 0.481 e. The summed E-state index contributed by atoms with van der Waals surface area (Å²) in [6.45, 7) is 0. The minimum Gasteiger partial charge on any atom is -0.481 e. The van der Waals surface area contributed by atoms with Crippen LogP contribution in [0.4, 0.5) is 5.13 Å². The summed E-state index contributed by atoms with van der Waals surface area (Å²) in [7, 11) is 0. The first kappa shape index (κ1) is 19.1. The van der Waals surface area contributed by atoms with Crippen LogP contribution in [0.5, 0.6) is 0 Å². The molecule has 0 saturated heterocycles. The van der Waals surface area contributed by atoms with Gasteiger partial charge in [0.15, 0.2) is 5.13 Å². The third-order valence-corrected chi connectivity index (χ3v) is 5.09. The Morgan fingerprint density at radius 2 is 1.81 bits per heavy atom. The van der Waals surface area contributed by atoms with Crippen LogP contribution in [-0.2, 0) is 16.0 Å². The summed E-state index contributed by atoms with van der Waals surface area (Å²) in [5, 5.41) is 14.7. The molecule has 1 atom stereocenters. The number of benzene rings is 2. The highest BCUT2D eigenvalue weighted by Gasteiger charge is 2.23. The molecular weight excluding hydrogens is 384 g/mol. The average Bonchev–Trinajstić information content (AvgIpc) is 3.10. The number of amides is 1. The predicted octanol–water partition coefficient (Wildman–Crippen LogP) is 4.74. The van der Waals surface area contributed by atoms with Crippen LogP contribution in [0.15, 0.2) is 60.0 Å². The summed E-state index contributed by atoms with van der Waals surface area (Å²) in [5.41, 5.74) is 2.36. The number of thiazole rings is 1. The van der Waals surface area contributed by atoms with Gasteiger partial charge in [0, 0.05) is 16.0 Å². The van der Waals surface area contributed by atoms with Gasteiger partial charge in [0.05, 0.1) is 18.0 Å². The van der Waals surface area contributed by atoms with Gasteiger partial charge in [0.2, 0.25) is 5.91 Å². The van der Waals surface area contributed by atoms with E-state index in [2.05, 4.69) is 10.3 Å². The Labute approximate surface area is 165 Å². The highest BCUT2D eigenvalue weighted by Crippen LogP contribution is 2.30. The second-order valence-corrected chi connectivity index (χ2v) is 7.26. The summed E-state index contributed by atoms with van der Waals surface area (Å²) >= 11 is 7.46. The lowest BCUT2D eigenvalue weighted by molar-refractivity contribution is -0.140. The molecule has 0 radical (unpaired) electrons. The number of anilines is 1. The van der Waals surface area contributed by atoms with Crippen LogP contribution in [0.3, 0.4) is 0 Å². The molecule has 0 aliphatic carbocycles. The minimum absolute atomic E-state index is 0.247. The van der Waals surface area contributed by atoms with Gasteiger partial charge in [-0.25, -0.2) is 4.98 Å². The SMILES string of the molecule is O=C(O)CC(Cc1ccccc1)C(=O)Nc1nc(-c2ccccc2Cl)cs1. The van der Waals surface area contributed by atoms with Crippen molar-refractivity contribution in [2.45, 2.75) is 12.8 Å². The number of rotatable bonds is 7. The van der Waals surface area contributed by atoms with E-state index in [-0.39, 0.29) is 12.3 Å². The molecule has 2 aromatic carbocycles. The number of hydrogen-bond acceptors (Lipinski definition) is 4.